The molecule has 0 unspecified atom stereocenters. The molecule has 0 saturated carbocycles. The highest BCUT2D eigenvalue weighted by Crippen LogP contribution is 2.42. The van der Waals surface area contributed by atoms with Crippen molar-refractivity contribution in [1.82, 2.24) is 14.8 Å². The van der Waals surface area contributed by atoms with E-state index in [0.717, 1.165) is 41.6 Å². The minimum atomic E-state index is -4.96. The summed E-state index contributed by atoms with van der Waals surface area (Å²) in [5, 5.41) is 9.53. The number of hydrogen-bond acceptors (Lipinski definition) is 5. The molecule has 0 saturated heterocycles. The van der Waals surface area contributed by atoms with Crippen molar-refractivity contribution in [2.45, 2.75) is 17.4 Å². The molecule has 10 heteroatoms. The molecule has 0 aliphatic carbocycles. The van der Waals surface area contributed by atoms with Crippen LogP contribution in [0.1, 0.15) is 5.56 Å². The van der Waals surface area contributed by atoms with Gasteiger partial charge in [0.1, 0.15) is 18.5 Å². The summed E-state index contributed by atoms with van der Waals surface area (Å²) < 4.78 is 65.4. The molecule has 1 aromatic carbocycles. The molecule has 2 aromatic rings. The molecule has 1 atom stereocenters. The molecule has 2 rings (SSSR count). The smallest absolute Gasteiger partial charge is 0.376 e. The number of aliphatic hydroxyl groups is 1. The summed E-state index contributed by atoms with van der Waals surface area (Å²) in [5.41, 5.74) is -3.60. The molecule has 0 radical (unpaired) electrons. The molecule has 0 amide bonds. The zero-order valence-electron chi connectivity index (χ0n) is 11.3. The van der Waals surface area contributed by atoms with E-state index in [2.05, 4.69) is 10.1 Å². The number of benzene rings is 1. The van der Waals surface area contributed by atoms with Gasteiger partial charge in [-0.25, -0.2) is 22.5 Å². The fourth-order valence-electron chi connectivity index (χ4n) is 1.93. The summed E-state index contributed by atoms with van der Waals surface area (Å²) in [4.78, 5) is 3.54. The first-order valence-corrected chi connectivity index (χ1v) is 7.85. The molecule has 0 aliphatic heterocycles. The van der Waals surface area contributed by atoms with Gasteiger partial charge in [-0.3, -0.25) is 0 Å². The number of halogens is 3. The van der Waals surface area contributed by atoms with Crippen molar-refractivity contribution in [2.24, 2.45) is 0 Å². The zero-order chi connectivity index (χ0) is 16.6. The van der Waals surface area contributed by atoms with Crippen molar-refractivity contribution >= 4 is 9.84 Å². The number of hydrogen-bond donors (Lipinski definition) is 1. The number of alkyl halides is 2. The second-order valence-electron chi connectivity index (χ2n) is 4.75. The number of nitrogens with zero attached hydrogens (tertiary/aromatic N) is 3. The predicted octanol–water partition coefficient (Wildman–Crippen LogP) is 0.942. The molecule has 1 N–H and O–H groups in total. The number of sulfone groups is 1. The van der Waals surface area contributed by atoms with Gasteiger partial charge in [0.2, 0.25) is 9.84 Å². The van der Waals surface area contributed by atoms with Crippen molar-refractivity contribution < 1.29 is 26.7 Å². The standard InChI is InChI=1S/C12H12F3N3O3S/c1-22(20,21)12(14,15)11(19,6-18-8-16-7-17-18)9-2-4-10(13)5-3-9/h2-5,7-8,19H,6H2,1H3/t11-/m0/s1. The predicted molar refractivity (Wildman–Crippen MR) is 70.1 cm³/mol. The highest BCUT2D eigenvalue weighted by atomic mass is 32.2. The Morgan fingerprint density at radius 2 is 1.86 bits per heavy atom. The van der Waals surface area contributed by atoms with Gasteiger partial charge in [-0.15, -0.1) is 0 Å². The Labute approximate surface area is 124 Å². The summed E-state index contributed by atoms with van der Waals surface area (Å²) in [5.74, 6) is -0.713. The van der Waals surface area contributed by atoms with E-state index in [0.29, 0.717) is 6.26 Å². The maximum absolute atomic E-state index is 14.4. The molecule has 0 fully saturated rings. The lowest BCUT2D eigenvalue weighted by Crippen LogP contribution is -2.53. The average molecular weight is 335 g/mol. The van der Waals surface area contributed by atoms with Crippen LogP contribution in [0, 0.1) is 5.82 Å². The van der Waals surface area contributed by atoms with E-state index in [9.17, 15) is 26.7 Å². The number of aromatic nitrogens is 3. The van der Waals surface area contributed by atoms with Crippen LogP contribution in [-0.2, 0) is 22.0 Å². The topological polar surface area (TPSA) is 85.1 Å². The summed E-state index contributed by atoms with van der Waals surface area (Å²) in [6.07, 6.45) is 2.40. The molecule has 22 heavy (non-hydrogen) atoms. The molecular weight excluding hydrogens is 323 g/mol. The molecule has 1 heterocycles. The monoisotopic (exact) mass is 335 g/mol. The van der Waals surface area contributed by atoms with Crippen molar-refractivity contribution in [3.8, 4) is 0 Å². The van der Waals surface area contributed by atoms with Gasteiger partial charge in [-0.1, -0.05) is 12.1 Å². The molecule has 1 aromatic heterocycles. The van der Waals surface area contributed by atoms with Crippen LogP contribution in [0.15, 0.2) is 36.9 Å². The average Bonchev–Trinajstić information content (AvgIpc) is 2.90. The molecule has 0 spiro atoms. The normalized spacial score (nSPS) is 15.5. The van der Waals surface area contributed by atoms with E-state index in [4.69, 9.17) is 0 Å². The van der Waals surface area contributed by atoms with E-state index in [1.807, 2.05) is 0 Å². The Bertz CT molecular complexity index is 748. The minimum absolute atomic E-state index is 0.308. The zero-order valence-corrected chi connectivity index (χ0v) is 12.1. The highest BCUT2D eigenvalue weighted by Gasteiger charge is 2.61. The van der Waals surface area contributed by atoms with Crippen molar-refractivity contribution in [3.05, 3.63) is 48.3 Å². The van der Waals surface area contributed by atoms with Gasteiger partial charge >= 0.3 is 5.25 Å². The Morgan fingerprint density at radius 3 is 2.32 bits per heavy atom. The van der Waals surface area contributed by atoms with Gasteiger partial charge in [-0.2, -0.15) is 13.9 Å². The van der Waals surface area contributed by atoms with Crippen molar-refractivity contribution in [2.75, 3.05) is 6.26 Å². The molecule has 120 valence electrons. The Hall–Kier alpha value is -1.94. The lowest BCUT2D eigenvalue weighted by Gasteiger charge is -2.34. The highest BCUT2D eigenvalue weighted by molar-refractivity contribution is 7.91. The van der Waals surface area contributed by atoms with Crippen LogP contribution in [0.2, 0.25) is 0 Å². The van der Waals surface area contributed by atoms with Crippen LogP contribution in [0.25, 0.3) is 0 Å². The third kappa shape index (κ3) is 2.71. The molecule has 6 nitrogen and oxygen atoms in total. The summed E-state index contributed by atoms with van der Waals surface area (Å²) >= 11 is 0. The summed E-state index contributed by atoms with van der Waals surface area (Å²) in [7, 11) is -4.96. The molecule has 0 aliphatic rings. The first-order valence-electron chi connectivity index (χ1n) is 5.96. The van der Waals surface area contributed by atoms with Gasteiger partial charge < -0.3 is 5.11 Å². The van der Waals surface area contributed by atoms with Crippen LogP contribution in [-0.4, -0.2) is 39.8 Å². The van der Waals surface area contributed by atoms with Gasteiger partial charge in [-0.05, 0) is 17.7 Å². The fraction of sp³-hybridized carbons (Fsp3) is 0.333. The third-order valence-electron chi connectivity index (χ3n) is 3.13. The van der Waals surface area contributed by atoms with E-state index in [1.54, 1.807) is 0 Å². The Kier molecular flexibility index (Phi) is 4.00. The maximum Gasteiger partial charge on any atom is 0.379 e. The quantitative estimate of drug-likeness (QED) is 0.879. The molecular formula is C12H12F3N3O3S. The lowest BCUT2D eigenvalue weighted by atomic mass is 9.93. The lowest BCUT2D eigenvalue weighted by molar-refractivity contribution is -0.143. The first-order chi connectivity index (χ1) is 10.1. The van der Waals surface area contributed by atoms with Gasteiger partial charge in [0.05, 0.1) is 6.54 Å². The summed E-state index contributed by atoms with van der Waals surface area (Å²) in [6, 6.07) is 3.48. The minimum Gasteiger partial charge on any atom is -0.376 e. The Morgan fingerprint density at radius 1 is 1.27 bits per heavy atom. The largest absolute Gasteiger partial charge is 0.379 e. The first kappa shape index (κ1) is 16.4. The number of rotatable bonds is 5. The van der Waals surface area contributed by atoms with Gasteiger partial charge in [0.15, 0.2) is 5.60 Å². The molecule has 0 bridgehead atoms. The second-order valence-corrected chi connectivity index (χ2v) is 6.81. The van der Waals surface area contributed by atoms with Crippen LogP contribution in [0.4, 0.5) is 13.2 Å². The van der Waals surface area contributed by atoms with Gasteiger partial charge in [0.25, 0.3) is 0 Å². The van der Waals surface area contributed by atoms with Gasteiger partial charge in [0, 0.05) is 6.26 Å². The van der Waals surface area contributed by atoms with E-state index in [-0.39, 0.29) is 0 Å². The van der Waals surface area contributed by atoms with Crippen molar-refractivity contribution in [1.29, 1.82) is 0 Å². The van der Waals surface area contributed by atoms with Crippen LogP contribution in [0.3, 0.4) is 0 Å². The van der Waals surface area contributed by atoms with E-state index in [1.165, 1.54) is 0 Å². The summed E-state index contributed by atoms with van der Waals surface area (Å²) in [6.45, 7) is -0.876. The Balaban J connectivity index is 2.61. The fourth-order valence-corrected chi connectivity index (χ4v) is 2.73. The SMILES string of the molecule is CS(=O)(=O)C(F)(F)[C@](O)(Cn1cncn1)c1ccc(F)cc1. The second kappa shape index (κ2) is 5.36. The maximum atomic E-state index is 14.4. The van der Waals surface area contributed by atoms with Crippen molar-refractivity contribution in [3.63, 3.8) is 0 Å². The van der Waals surface area contributed by atoms with E-state index < -0.39 is 38.6 Å². The van der Waals surface area contributed by atoms with Crippen LogP contribution in [0.5, 0.6) is 0 Å². The third-order valence-corrected chi connectivity index (χ3v) is 4.40. The van der Waals surface area contributed by atoms with Crippen LogP contribution < -0.4 is 0 Å². The van der Waals surface area contributed by atoms with Crippen LogP contribution >= 0.6 is 0 Å². The van der Waals surface area contributed by atoms with E-state index >= 15 is 0 Å².